The molecule has 0 heterocycles. The fraction of sp³-hybridized carbons (Fsp3) is 0.462. The zero-order valence-corrected chi connectivity index (χ0v) is 10.3. The van der Waals surface area contributed by atoms with E-state index in [0.29, 0.717) is 12.6 Å². The summed E-state index contributed by atoms with van der Waals surface area (Å²) < 4.78 is 12.7. The van der Waals surface area contributed by atoms with E-state index >= 15 is 0 Å². The van der Waals surface area contributed by atoms with E-state index in [1.807, 2.05) is 4.90 Å². The smallest absolute Gasteiger partial charge is 0.237 e. The van der Waals surface area contributed by atoms with Crippen LogP contribution in [0.5, 0.6) is 0 Å². The second kappa shape index (κ2) is 5.50. The van der Waals surface area contributed by atoms with Gasteiger partial charge in [-0.1, -0.05) is 12.1 Å². The van der Waals surface area contributed by atoms with Crippen molar-refractivity contribution in [2.75, 3.05) is 12.4 Å². The van der Waals surface area contributed by atoms with Gasteiger partial charge in [0.15, 0.2) is 0 Å². The zero-order chi connectivity index (χ0) is 12.3. The number of hydrogen-bond donors (Lipinski definition) is 0. The number of rotatable bonds is 5. The van der Waals surface area contributed by atoms with Gasteiger partial charge in [-0.2, -0.15) is 0 Å². The Kier molecular flexibility index (Phi) is 4.00. The molecule has 0 unspecified atom stereocenters. The number of carbonyl (C=O) groups excluding carboxylic acids is 1. The van der Waals surface area contributed by atoms with Crippen molar-refractivity contribution < 1.29 is 9.18 Å². The van der Waals surface area contributed by atoms with Crippen molar-refractivity contribution in [3.63, 3.8) is 0 Å². The van der Waals surface area contributed by atoms with Gasteiger partial charge in [-0.3, -0.25) is 4.79 Å². The largest absolute Gasteiger partial charge is 0.338 e. The highest BCUT2D eigenvalue weighted by Gasteiger charge is 2.31. The Labute approximate surface area is 105 Å². The van der Waals surface area contributed by atoms with Crippen LogP contribution in [-0.2, 0) is 11.2 Å². The number of alkyl halides is 1. The van der Waals surface area contributed by atoms with Crippen molar-refractivity contribution in [1.29, 1.82) is 0 Å². The molecule has 2 nitrogen and oxygen atoms in total. The fourth-order valence-electron chi connectivity index (χ4n) is 1.87. The van der Waals surface area contributed by atoms with Gasteiger partial charge in [0.05, 0.1) is 0 Å². The minimum Gasteiger partial charge on any atom is -0.338 e. The summed E-state index contributed by atoms with van der Waals surface area (Å²) in [7, 11) is 0. The highest BCUT2D eigenvalue weighted by Crippen LogP contribution is 2.27. The van der Waals surface area contributed by atoms with Crippen LogP contribution in [0.1, 0.15) is 18.4 Å². The average Bonchev–Trinajstić information content (AvgIpc) is 3.16. The van der Waals surface area contributed by atoms with E-state index in [4.69, 9.17) is 11.6 Å². The predicted molar refractivity (Wildman–Crippen MR) is 65.6 cm³/mol. The summed E-state index contributed by atoms with van der Waals surface area (Å²) in [5, 5.41) is 0. The normalized spacial score (nSPS) is 14.7. The average molecular weight is 256 g/mol. The van der Waals surface area contributed by atoms with Crippen LogP contribution in [0.3, 0.4) is 0 Å². The third kappa shape index (κ3) is 3.43. The number of halogens is 2. The lowest BCUT2D eigenvalue weighted by Gasteiger charge is -2.21. The maximum absolute atomic E-state index is 12.7. The second-order valence-corrected chi connectivity index (χ2v) is 4.60. The van der Waals surface area contributed by atoms with Crippen LogP contribution in [0.4, 0.5) is 4.39 Å². The number of amides is 1. The van der Waals surface area contributed by atoms with E-state index in [9.17, 15) is 9.18 Å². The van der Waals surface area contributed by atoms with Crippen LogP contribution in [0, 0.1) is 5.82 Å². The molecule has 1 aliphatic rings. The van der Waals surface area contributed by atoms with E-state index in [2.05, 4.69) is 0 Å². The minimum atomic E-state index is -0.232. The minimum absolute atomic E-state index is 0.00345. The van der Waals surface area contributed by atoms with Gasteiger partial charge in [0.2, 0.25) is 5.91 Å². The van der Waals surface area contributed by atoms with E-state index in [0.717, 1.165) is 24.8 Å². The van der Waals surface area contributed by atoms with Gasteiger partial charge in [0.1, 0.15) is 11.7 Å². The molecule has 1 aliphatic carbocycles. The highest BCUT2D eigenvalue weighted by atomic mass is 35.5. The third-order valence-electron chi connectivity index (χ3n) is 2.98. The summed E-state index contributed by atoms with van der Waals surface area (Å²) in [6.45, 7) is 0.669. The summed E-state index contributed by atoms with van der Waals surface area (Å²) in [5.74, 6) is -0.194. The Morgan fingerprint density at radius 1 is 1.35 bits per heavy atom. The van der Waals surface area contributed by atoms with E-state index in [1.54, 1.807) is 12.1 Å². The molecule has 0 spiro atoms. The molecule has 4 heteroatoms. The third-order valence-corrected chi connectivity index (χ3v) is 3.21. The van der Waals surface area contributed by atoms with Crippen LogP contribution in [0.15, 0.2) is 24.3 Å². The molecule has 0 bridgehead atoms. The van der Waals surface area contributed by atoms with Crippen LogP contribution >= 0.6 is 11.6 Å². The summed E-state index contributed by atoms with van der Waals surface area (Å²) in [6, 6.07) is 6.78. The molecule has 1 amide bonds. The summed E-state index contributed by atoms with van der Waals surface area (Å²) in [5.41, 5.74) is 1.04. The van der Waals surface area contributed by atoms with Gasteiger partial charge in [0.25, 0.3) is 0 Å². The monoisotopic (exact) mass is 255 g/mol. The standard InChI is InChI=1S/C13H15ClFNO/c14-9-13(17)16(12-5-6-12)8-7-10-1-3-11(15)4-2-10/h1-4,12H,5-9H2. The van der Waals surface area contributed by atoms with Crippen molar-refractivity contribution in [2.45, 2.75) is 25.3 Å². The Morgan fingerprint density at radius 3 is 2.53 bits per heavy atom. The summed E-state index contributed by atoms with van der Waals surface area (Å²) in [4.78, 5) is 13.4. The topological polar surface area (TPSA) is 20.3 Å². The van der Waals surface area contributed by atoms with Crippen molar-refractivity contribution in [1.82, 2.24) is 4.90 Å². The van der Waals surface area contributed by atoms with Gasteiger partial charge >= 0.3 is 0 Å². The Morgan fingerprint density at radius 2 is 2.00 bits per heavy atom. The molecule has 0 aliphatic heterocycles. The van der Waals surface area contributed by atoms with Gasteiger partial charge in [-0.15, -0.1) is 11.6 Å². The van der Waals surface area contributed by atoms with Gasteiger partial charge in [0, 0.05) is 12.6 Å². The summed E-state index contributed by atoms with van der Waals surface area (Å²) in [6.07, 6.45) is 2.90. The lowest BCUT2D eigenvalue weighted by molar-refractivity contribution is -0.129. The fourth-order valence-corrected chi connectivity index (χ4v) is 2.03. The number of nitrogens with zero attached hydrogens (tertiary/aromatic N) is 1. The SMILES string of the molecule is O=C(CCl)N(CCc1ccc(F)cc1)C1CC1. The molecule has 92 valence electrons. The molecule has 17 heavy (non-hydrogen) atoms. The first-order valence-electron chi connectivity index (χ1n) is 5.80. The van der Waals surface area contributed by atoms with Gasteiger partial charge < -0.3 is 4.90 Å². The maximum Gasteiger partial charge on any atom is 0.237 e. The lowest BCUT2D eigenvalue weighted by atomic mass is 10.1. The first kappa shape index (κ1) is 12.4. The molecule has 0 aromatic heterocycles. The van der Waals surface area contributed by atoms with Crippen molar-refractivity contribution in [3.8, 4) is 0 Å². The number of hydrogen-bond acceptors (Lipinski definition) is 1. The molecule has 1 fully saturated rings. The highest BCUT2D eigenvalue weighted by molar-refractivity contribution is 6.27. The predicted octanol–water partition coefficient (Wildman–Crippen LogP) is 2.60. The molecule has 1 saturated carbocycles. The van der Waals surface area contributed by atoms with Crippen molar-refractivity contribution in [2.24, 2.45) is 0 Å². The molecule has 0 N–H and O–H groups in total. The maximum atomic E-state index is 12.7. The van der Waals surface area contributed by atoms with Crippen LogP contribution in [0.25, 0.3) is 0 Å². The Hall–Kier alpha value is -1.09. The lowest BCUT2D eigenvalue weighted by Crippen LogP contribution is -2.35. The van der Waals surface area contributed by atoms with Crippen LogP contribution < -0.4 is 0 Å². The first-order chi connectivity index (χ1) is 8.20. The summed E-state index contributed by atoms with van der Waals surface area (Å²) >= 11 is 5.58. The Bertz CT molecular complexity index is 389. The van der Waals surface area contributed by atoms with Crippen LogP contribution in [0.2, 0.25) is 0 Å². The van der Waals surface area contributed by atoms with Gasteiger partial charge in [-0.05, 0) is 37.0 Å². The molecule has 1 aromatic carbocycles. The van der Waals surface area contributed by atoms with E-state index < -0.39 is 0 Å². The number of carbonyl (C=O) groups is 1. The molecule has 0 atom stereocenters. The van der Waals surface area contributed by atoms with Crippen molar-refractivity contribution in [3.05, 3.63) is 35.6 Å². The second-order valence-electron chi connectivity index (χ2n) is 4.33. The Balaban J connectivity index is 1.90. The molecule has 1 aromatic rings. The van der Waals surface area contributed by atoms with E-state index in [-0.39, 0.29) is 17.6 Å². The molecular formula is C13H15ClFNO. The number of benzene rings is 1. The van der Waals surface area contributed by atoms with Crippen molar-refractivity contribution >= 4 is 17.5 Å². The molecule has 2 rings (SSSR count). The van der Waals surface area contributed by atoms with Gasteiger partial charge in [-0.25, -0.2) is 4.39 Å². The van der Waals surface area contributed by atoms with E-state index in [1.165, 1.54) is 12.1 Å². The zero-order valence-electron chi connectivity index (χ0n) is 9.53. The quantitative estimate of drug-likeness (QED) is 0.741. The first-order valence-corrected chi connectivity index (χ1v) is 6.34. The molecule has 0 saturated heterocycles. The molecule has 0 radical (unpaired) electrons. The molecular weight excluding hydrogens is 241 g/mol. The van der Waals surface area contributed by atoms with Crippen LogP contribution in [-0.4, -0.2) is 29.3 Å².